The highest BCUT2D eigenvalue weighted by Gasteiger charge is 2.58. The molecule has 0 fully saturated rings. The SMILES string of the molecule is CC(c1ccc(C(F)(F)C(F)(F)F)cc1F)N(C)C(=O)C(=O)Nc1cnc(N)c2cn[nH]c12. The Labute approximate surface area is 181 Å². The van der Waals surface area contributed by atoms with Crippen LogP contribution in [0.25, 0.3) is 10.9 Å². The Morgan fingerprint density at radius 2 is 1.85 bits per heavy atom. The minimum absolute atomic E-state index is 0.0483. The van der Waals surface area contributed by atoms with Gasteiger partial charge in [-0.3, -0.25) is 14.7 Å². The third-order valence-corrected chi connectivity index (χ3v) is 5.03. The second-order valence-electron chi connectivity index (χ2n) is 7.07. The van der Waals surface area contributed by atoms with E-state index in [0.717, 1.165) is 11.9 Å². The molecule has 1 atom stereocenters. The van der Waals surface area contributed by atoms with E-state index in [4.69, 9.17) is 5.73 Å². The minimum Gasteiger partial charge on any atom is -0.383 e. The predicted molar refractivity (Wildman–Crippen MR) is 104 cm³/mol. The highest BCUT2D eigenvalue weighted by molar-refractivity contribution is 6.40. The second kappa shape index (κ2) is 8.26. The highest BCUT2D eigenvalue weighted by Crippen LogP contribution is 2.44. The molecule has 8 nitrogen and oxygen atoms in total. The molecule has 2 heterocycles. The number of nitrogens with zero attached hydrogens (tertiary/aromatic N) is 3. The number of benzene rings is 1. The zero-order chi connectivity index (χ0) is 24.7. The molecule has 2 amide bonds. The van der Waals surface area contributed by atoms with Crippen molar-refractivity contribution in [3.63, 3.8) is 0 Å². The molecule has 0 saturated carbocycles. The van der Waals surface area contributed by atoms with Crippen LogP contribution in [0, 0.1) is 5.82 Å². The smallest absolute Gasteiger partial charge is 0.383 e. The van der Waals surface area contributed by atoms with Gasteiger partial charge in [0.1, 0.15) is 11.6 Å². The number of carbonyl (C=O) groups is 2. The first-order valence-corrected chi connectivity index (χ1v) is 9.15. The molecule has 1 aromatic carbocycles. The average molecular weight is 474 g/mol. The summed E-state index contributed by atoms with van der Waals surface area (Å²) in [5.41, 5.74) is 4.11. The number of alkyl halides is 5. The van der Waals surface area contributed by atoms with Gasteiger partial charge in [-0.15, -0.1) is 0 Å². The average Bonchev–Trinajstić information content (AvgIpc) is 3.24. The summed E-state index contributed by atoms with van der Waals surface area (Å²) in [4.78, 5) is 29.6. The van der Waals surface area contributed by atoms with Crippen LogP contribution < -0.4 is 11.1 Å². The number of rotatable bonds is 4. The van der Waals surface area contributed by atoms with Crippen LogP contribution in [-0.2, 0) is 15.5 Å². The Bertz CT molecular complexity index is 1230. The van der Waals surface area contributed by atoms with Crippen molar-refractivity contribution in [3.05, 3.63) is 47.5 Å². The summed E-state index contributed by atoms with van der Waals surface area (Å²) < 4.78 is 78.9. The molecule has 14 heteroatoms. The monoisotopic (exact) mass is 474 g/mol. The van der Waals surface area contributed by atoms with Crippen LogP contribution in [0.3, 0.4) is 0 Å². The van der Waals surface area contributed by atoms with Crippen LogP contribution in [-0.4, -0.2) is 45.1 Å². The summed E-state index contributed by atoms with van der Waals surface area (Å²) in [6.45, 7) is 1.27. The molecule has 0 radical (unpaired) electrons. The first-order chi connectivity index (χ1) is 15.3. The Hall–Kier alpha value is -3.84. The number of H-pyrrole nitrogens is 1. The summed E-state index contributed by atoms with van der Waals surface area (Å²) in [5.74, 6) is -8.82. The molecule has 0 spiro atoms. The number of pyridine rings is 1. The molecular formula is C19H16F6N6O2. The summed E-state index contributed by atoms with van der Waals surface area (Å²) in [5, 5.41) is 9.05. The number of aromatic amines is 1. The van der Waals surface area contributed by atoms with Gasteiger partial charge in [0.2, 0.25) is 0 Å². The Balaban J connectivity index is 1.79. The Morgan fingerprint density at radius 3 is 2.45 bits per heavy atom. The number of nitrogen functional groups attached to an aromatic ring is 1. The zero-order valence-corrected chi connectivity index (χ0v) is 17.0. The van der Waals surface area contributed by atoms with Crippen LogP contribution in [0.4, 0.5) is 37.8 Å². The largest absolute Gasteiger partial charge is 0.458 e. The number of hydrogen-bond donors (Lipinski definition) is 3. The number of aromatic nitrogens is 3. The van der Waals surface area contributed by atoms with E-state index >= 15 is 0 Å². The van der Waals surface area contributed by atoms with Gasteiger partial charge in [0, 0.05) is 18.2 Å². The first kappa shape index (κ1) is 23.8. The number of nitrogens with one attached hydrogen (secondary N) is 2. The van der Waals surface area contributed by atoms with Crippen LogP contribution in [0.15, 0.2) is 30.6 Å². The minimum atomic E-state index is -5.91. The number of amides is 2. The summed E-state index contributed by atoms with van der Waals surface area (Å²) in [7, 11) is 1.14. The van der Waals surface area contributed by atoms with Crippen LogP contribution in [0.5, 0.6) is 0 Å². The van der Waals surface area contributed by atoms with Gasteiger partial charge >= 0.3 is 23.9 Å². The lowest BCUT2D eigenvalue weighted by atomic mass is 10.0. The molecule has 2 aromatic heterocycles. The number of carbonyl (C=O) groups excluding carboxylic acids is 2. The quantitative estimate of drug-likeness (QED) is 0.395. The van der Waals surface area contributed by atoms with Gasteiger partial charge in [-0.2, -0.15) is 27.1 Å². The van der Waals surface area contributed by atoms with Crippen LogP contribution in [0.2, 0.25) is 0 Å². The standard InChI is InChI=1S/C19H16F6N6O2/c1-8(10-4-3-9(5-12(10)20)18(21,22)19(23,24)25)31(2)17(33)16(32)29-13-7-27-15(26)11-6-28-30-14(11)13/h3-8H,1-2H3,(H2,26,27)(H,28,30)(H,29,32). The van der Waals surface area contributed by atoms with E-state index < -0.39 is 41.3 Å². The van der Waals surface area contributed by atoms with Gasteiger partial charge in [-0.05, 0) is 13.0 Å². The van der Waals surface area contributed by atoms with Crippen molar-refractivity contribution in [1.82, 2.24) is 20.1 Å². The number of anilines is 2. The molecule has 0 bridgehead atoms. The molecule has 33 heavy (non-hydrogen) atoms. The van der Waals surface area contributed by atoms with E-state index in [0.29, 0.717) is 23.0 Å². The molecule has 0 aliphatic heterocycles. The molecule has 0 aliphatic rings. The number of likely N-dealkylation sites (N-methyl/N-ethyl adjacent to an activating group) is 1. The second-order valence-corrected chi connectivity index (χ2v) is 7.07. The number of halogens is 6. The molecule has 3 rings (SSSR count). The highest BCUT2D eigenvalue weighted by atomic mass is 19.4. The van der Waals surface area contributed by atoms with E-state index in [-0.39, 0.29) is 23.1 Å². The molecule has 0 saturated heterocycles. The van der Waals surface area contributed by atoms with E-state index in [1.807, 2.05) is 0 Å². The molecule has 1 unspecified atom stereocenters. The molecule has 176 valence electrons. The lowest BCUT2D eigenvalue weighted by molar-refractivity contribution is -0.289. The molecular weight excluding hydrogens is 458 g/mol. The van der Waals surface area contributed by atoms with Gasteiger partial charge in [0.15, 0.2) is 0 Å². The number of nitrogens with two attached hydrogens (primary N) is 1. The summed E-state index contributed by atoms with van der Waals surface area (Å²) >= 11 is 0. The fourth-order valence-electron chi connectivity index (χ4n) is 2.99. The predicted octanol–water partition coefficient (Wildman–Crippen LogP) is 3.49. The Morgan fingerprint density at radius 1 is 1.18 bits per heavy atom. The lowest BCUT2D eigenvalue weighted by Gasteiger charge is -2.26. The zero-order valence-electron chi connectivity index (χ0n) is 17.0. The van der Waals surface area contributed by atoms with E-state index in [2.05, 4.69) is 20.5 Å². The molecule has 4 N–H and O–H groups in total. The topological polar surface area (TPSA) is 117 Å². The summed E-state index contributed by atoms with van der Waals surface area (Å²) in [6, 6.07) is -0.0226. The van der Waals surface area contributed by atoms with E-state index in [1.165, 1.54) is 19.3 Å². The maximum absolute atomic E-state index is 14.4. The van der Waals surface area contributed by atoms with Gasteiger partial charge < -0.3 is 16.0 Å². The van der Waals surface area contributed by atoms with Crippen molar-refractivity contribution >= 4 is 34.2 Å². The third kappa shape index (κ3) is 4.27. The van der Waals surface area contributed by atoms with Crippen molar-refractivity contribution in [1.29, 1.82) is 0 Å². The number of hydrogen-bond acceptors (Lipinski definition) is 5. The van der Waals surface area contributed by atoms with Gasteiger partial charge in [-0.1, -0.05) is 12.1 Å². The van der Waals surface area contributed by atoms with Crippen molar-refractivity contribution in [3.8, 4) is 0 Å². The van der Waals surface area contributed by atoms with Crippen molar-refractivity contribution in [2.45, 2.75) is 25.1 Å². The van der Waals surface area contributed by atoms with Crippen LogP contribution >= 0.6 is 0 Å². The van der Waals surface area contributed by atoms with Crippen molar-refractivity contribution < 1.29 is 35.9 Å². The third-order valence-electron chi connectivity index (χ3n) is 5.03. The maximum Gasteiger partial charge on any atom is 0.458 e. The van der Waals surface area contributed by atoms with E-state index in [1.54, 1.807) is 0 Å². The summed E-state index contributed by atoms with van der Waals surface area (Å²) in [6.07, 6.45) is -3.36. The molecule has 0 aliphatic carbocycles. The van der Waals surface area contributed by atoms with E-state index in [9.17, 15) is 35.9 Å². The fraction of sp³-hybridized carbons (Fsp3) is 0.263. The van der Waals surface area contributed by atoms with Crippen molar-refractivity contribution in [2.75, 3.05) is 18.1 Å². The van der Waals surface area contributed by atoms with Crippen LogP contribution in [0.1, 0.15) is 24.1 Å². The van der Waals surface area contributed by atoms with Gasteiger partial charge in [0.25, 0.3) is 0 Å². The normalized spacial score (nSPS) is 13.1. The number of fused-ring (bicyclic) bond motifs is 1. The maximum atomic E-state index is 14.4. The fourth-order valence-corrected chi connectivity index (χ4v) is 2.99. The molecule has 3 aromatic rings. The van der Waals surface area contributed by atoms with Gasteiger partial charge in [-0.25, -0.2) is 9.37 Å². The first-order valence-electron chi connectivity index (χ1n) is 9.15. The Kier molecular flexibility index (Phi) is 5.96. The van der Waals surface area contributed by atoms with Gasteiger partial charge in [0.05, 0.1) is 35.0 Å². The van der Waals surface area contributed by atoms with Crippen molar-refractivity contribution in [2.24, 2.45) is 0 Å². The lowest BCUT2D eigenvalue weighted by Crippen LogP contribution is -2.39.